The number of carbonyl (C=O) groups excluding carboxylic acids is 5. The number of methoxy groups -OCH3 is 1. The molecular weight excluding hydrogens is 608 g/mol. The van der Waals surface area contributed by atoms with Gasteiger partial charge in [-0.3, -0.25) is 4.79 Å². The minimum absolute atomic E-state index is 0.147. The van der Waals surface area contributed by atoms with E-state index in [2.05, 4.69) is 21.3 Å². The van der Waals surface area contributed by atoms with Gasteiger partial charge >= 0.3 is 24.2 Å². The monoisotopic (exact) mass is 656 g/mol. The van der Waals surface area contributed by atoms with Crippen molar-refractivity contribution in [3.05, 3.63) is 71.8 Å². The Hall–Kier alpha value is -4.81. The summed E-state index contributed by atoms with van der Waals surface area (Å²) >= 11 is 0. The maximum absolute atomic E-state index is 13.3. The number of benzene rings is 2. The third-order valence-electron chi connectivity index (χ3n) is 6.61. The van der Waals surface area contributed by atoms with Gasteiger partial charge in [-0.2, -0.15) is 0 Å². The Bertz CT molecular complexity index is 1250. The van der Waals surface area contributed by atoms with Gasteiger partial charge in [-0.15, -0.1) is 0 Å². The van der Waals surface area contributed by atoms with Crippen LogP contribution in [0.15, 0.2) is 60.7 Å². The van der Waals surface area contributed by atoms with Crippen molar-refractivity contribution in [1.82, 2.24) is 21.3 Å². The molecule has 1 unspecified atom stereocenters. The Labute approximate surface area is 276 Å². The van der Waals surface area contributed by atoms with Gasteiger partial charge in [0.25, 0.3) is 0 Å². The number of rotatable bonds is 18. The molecule has 0 aliphatic heterocycles. The van der Waals surface area contributed by atoms with Crippen molar-refractivity contribution in [3.63, 3.8) is 0 Å². The molecule has 4 N–H and O–H groups in total. The molecule has 258 valence electrons. The number of hydrogen-bond acceptors (Lipinski definition) is 9. The van der Waals surface area contributed by atoms with Crippen LogP contribution >= 0.6 is 0 Å². The third kappa shape index (κ3) is 17.5. The van der Waals surface area contributed by atoms with Crippen LogP contribution in [0.3, 0.4) is 0 Å². The number of esters is 1. The minimum Gasteiger partial charge on any atom is -0.467 e. The molecule has 0 aliphatic carbocycles. The second-order valence-corrected chi connectivity index (χ2v) is 11.8. The lowest BCUT2D eigenvalue weighted by molar-refractivity contribution is -0.145. The Kier molecular flexibility index (Phi) is 17.2. The molecule has 2 rings (SSSR count). The summed E-state index contributed by atoms with van der Waals surface area (Å²) in [6, 6.07) is 16.6. The predicted octanol–water partition coefficient (Wildman–Crippen LogP) is 4.73. The van der Waals surface area contributed by atoms with Crippen molar-refractivity contribution >= 4 is 30.2 Å². The van der Waals surface area contributed by atoms with Gasteiger partial charge in [0.05, 0.1) is 7.11 Å². The highest BCUT2D eigenvalue weighted by Gasteiger charge is 2.28. The summed E-state index contributed by atoms with van der Waals surface area (Å²) in [5.41, 5.74) is 0.951. The Morgan fingerprint density at radius 3 is 1.55 bits per heavy atom. The van der Waals surface area contributed by atoms with E-state index < -0.39 is 47.8 Å². The molecule has 0 heterocycles. The molecule has 0 aromatic heterocycles. The Balaban J connectivity index is 1.82. The summed E-state index contributed by atoms with van der Waals surface area (Å²) in [6.07, 6.45) is 0.530. The lowest BCUT2D eigenvalue weighted by Gasteiger charge is -2.25. The summed E-state index contributed by atoms with van der Waals surface area (Å²) in [4.78, 5) is 62.3. The first-order chi connectivity index (χ1) is 22.5. The van der Waals surface area contributed by atoms with E-state index in [4.69, 9.17) is 18.9 Å². The van der Waals surface area contributed by atoms with Crippen molar-refractivity contribution in [2.75, 3.05) is 20.2 Å². The number of carbonyl (C=O) groups is 5. The maximum atomic E-state index is 13.3. The van der Waals surface area contributed by atoms with Crippen LogP contribution in [0.4, 0.5) is 14.4 Å². The van der Waals surface area contributed by atoms with Crippen LogP contribution in [-0.2, 0) is 41.8 Å². The highest BCUT2D eigenvalue weighted by Crippen LogP contribution is 2.10. The molecule has 0 aliphatic rings. The zero-order valence-corrected chi connectivity index (χ0v) is 27.7. The van der Waals surface area contributed by atoms with Crippen LogP contribution in [0.1, 0.15) is 70.4 Å². The average Bonchev–Trinajstić information content (AvgIpc) is 3.04. The quantitative estimate of drug-likeness (QED) is 0.101. The lowest BCUT2D eigenvalue weighted by Crippen LogP contribution is -2.52. The summed E-state index contributed by atoms with van der Waals surface area (Å²) in [5.74, 6) is -1.22. The van der Waals surface area contributed by atoms with Crippen molar-refractivity contribution in [2.45, 2.75) is 90.2 Å². The maximum Gasteiger partial charge on any atom is 0.408 e. The normalized spacial score (nSPS) is 12.1. The first-order valence-corrected chi connectivity index (χ1v) is 15.7. The van der Waals surface area contributed by atoms with Gasteiger partial charge in [-0.05, 0) is 70.4 Å². The molecule has 13 heteroatoms. The van der Waals surface area contributed by atoms with Gasteiger partial charge in [0.15, 0.2) is 0 Å². The lowest BCUT2D eigenvalue weighted by atomic mass is 10.1. The van der Waals surface area contributed by atoms with Gasteiger partial charge in [-0.1, -0.05) is 60.7 Å². The molecule has 0 fully saturated rings. The van der Waals surface area contributed by atoms with E-state index >= 15 is 0 Å². The highest BCUT2D eigenvalue weighted by atomic mass is 16.6. The smallest absolute Gasteiger partial charge is 0.408 e. The van der Waals surface area contributed by atoms with Crippen LogP contribution in [0.5, 0.6) is 0 Å². The van der Waals surface area contributed by atoms with Crippen LogP contribution in [0.25, 0.3) is 0 Å². The van der Waals surface area contributed by atoms with Crippen LogP contribution < -0.4 is 21.3 Å². The fourth-order valence-electron chi connectivity index (χ4n) is 4.26. The summed E-state index contributed by atoms with van der Waals surface area (Å²) in [7, 11) is 1.22. The van der Waals surface area contributed by atoms with Crippen LogP contribution in [0, 0.1) is 0 Å². The second kappa shape index (κ2) is 21.1. The summed E-state index contributed by atoms with van der Waals surface area (Å²) < 4.78 is 20.6. The van der Waals surface area contributed by atoms with Crippen molar-refractivity contribution < 1.29 is 42.9 Å². The Morgan fingerprint density at radius 1 is 0.638 bits per heavy atom. The molecule has 4 amide bonds. The first-order valence-electron chi connectivity index (χ1n) is 15.7. The fourth-order valence-corrected chi connectivity index (χ4v) is 4.26. The molecule has 13 nitrogen and oxygen atoms in total. The molecule has 2 aromatic carbocycles. The van der Waals surface area contributed by atoms with Crippen molar-refractivity contribution in [2.24, 2.45) is 0 Å². The van der Waals surface area contributed by atoms with E-state index in [0.29, 0.717) is 38.8 Å². The number of alkyl carbamates (subject to hydrolysis) is 3. The molecule has 2 atom stereocenters. The van der Waals surface area contributed by atoms with E-state index in [1.807, 2.05) is 60.7 Å². The van der Waals surface area contributed by atoms with Gasteiger partial charge in [0, 0.05) is 13.1 Å². The molecule has 0 radical (unpaired) electrons. The predicted molar refractivity (Wildman–Crippen MR) is 174 cm³/mol. The number of nitrogens with one attached hydrogen (secondary N) is 4. The fraction of sp³-hybridized carbons (Fsp3) is 0.500. The number of hydrogen-bond donors (Lipinski definition) is 4. The molecule has 0 bridgehead atoms. The molecule has 2 aromatic rings. The van der Waals surface area contributed by atoms with Crippen molar-refractivity contribution in [1.29, 1.82) is 0 Å². The minimum atomic E-state index is -1.01. The molecule has 0 saturated carbocycles. The van der Waals surface area contributed by atoms with Gasteiger partial charge in [-0.25, -0.2) is 19.2 Å². The van der Waals surface area contributed by atoms with Crippen LogP contribution in [0.2, 0.25) is 0 Å². The topological polar surface area (TPSA) is 170 Å². The zero-order chi connectivity index (χ0) is 34.5. The van der Waals surface area contributed by atoms with Gasteiger partial charge in [0.2, 0.25) is 5.91 Å². The van der Waals surface area contributed by atoms with E-state index in [1.165, 1.54) is 7.11 Å². The van der Waals surface area contributed by atoms with Crippen molar-refractivity contribution in [3.8, 4) is 0 Å². The van der Waals surface area contributed by atoms with Gasteiger partial charge < -0.3 is 40.2 Å². The zero-order valence-electron chi connectivity index (χ0n) is 27.7. The van der Waals surface area contributed by atoms with E-state index in [-0.39, 0.29) is 26.1 Å². The Morgan fingerprint density at radius 2 is 1.11 bits per heavy atom. The van der Waals surface area contributed by atoms with Crippen LogP contribution in [-0.4, -0.2) is 68.0 Å². The number of ether oxygens (including phenoxy) is 4. The molecular formula is C34H48N4O9. The van der Waals surface area contributed by atoms with E-state index in [1.54, 1.807) is 20.8 Å². The average molecular weight is 657 g/mol. The molecule has 0 spiro atoms. The summed E-state index contributed by atoms with van der Waals surface area (Å²) in [6.45, 7) is 6.02. The molecule has 0 saturated heterocycles. The number of amides is 4. The second-order valence-electron chi connectivity index (χ2n) is 11.8. The first kappa shape index (κ1) is 38.4. The summed E-state index contributed by atoms with van der Waals surface area (Å²) in [5, 5.41) is 10.6. The largest absolute Gasteiger partial charge is 0.467 e. The SMILES string of the molecule is COC(=O)C(CCCCNC(=O)OCc1ccccc1)NC(=O)[C@H](CCCCNC(=O)OCc1ccccc1)NC(=O)OC(C)(C)C. The van der Waals surface area contributed by atoms with E-state index in [0.717, 1.165) is 11.1 Å². The standard InChI is InChI=1S/C34H48N4O9/c1-34(2,3)47-33(43)38-27(19-11-13-21-35-31(41)45-23-25-15-7-5-8-16-25)29(39)37-28(30(40)44-4)20-12-14-22-36-32(42)46-24-26-17-9-6-10-18-26/h5-10,15-18,27-28H,11-14,19-24H2,1-4H3,(H,35,41)(H,36,42)(H,37,39)(H,38,43)/t27-,28?/m0/s1. The molecule has 47 heavy (non-hydrogen) atoms. The van der Waals surface area contributed by atoms with E-state index in [9.17, 15) is 24.0 Å². The van der Waals surface area contributed by atoms with Gasteiger partial charge in [0.1, 0.15) is 30.9 Å². The highest BCUT2D eigenvalue weighted by molar-refractivity contribution is 5.89. The number of unbranched alkanes of at least 4 members (excludes halogenated alkanes) is 2. The third-order valence-corrected chi connectivity index (χ3v) is 6.61.